The number of nitrogens with zero attached hydrogens (tertiary/aromatic N) is 2. The number of hydrogen-bond donors (Lipinski definition) is 1. The van der Waals surface area contributed by atoms with Crippen molar-refractivity contribution in [3.8, 4) is 11.5 Å². The van der Waals surface area contributed by atoms with Crippen LogP contribution in [0.25, 0.3) is 5.70 Å². The van der Waals surface area contributed by atoms with Gasteiger partial charge in [-0.3, -0.25) is 0 Å². The van der Waals surface area contributed by atoms with Crippen molar-refractivity contribution < 1.29 is 9.84 Å². The zero-order chi connectivity index (χ0) is 17.9. The van der Waals surface area contributed by atoms with Crippen LogP contribution in [0.2, 0.25) is 0 Å². The lowest BCUT2D eigenvalue weighted by Gasteiger charge is -2.28. The van der Waals surface area contributed by atoms with Crippen molar-refractivity contribution >= 4 is 20.8 Å². The average molecular weight is 346 g/mol. The van der Waals surface area contributed by atoms with Crippen LogP contribution in [-0.2, 0) is 0 Å². The molecule has 24 heavy (non-hydrogen) atoms. The van der Waals surface area contributed by atoms with Gasteiger partial charge in [-0.2, -0.15) is 0 Å². The first-order valence-corrected chi connectivity index (χ1v) is 8.67. The minimum atomic E-state index is 0.126. The number of hydrogen-bond acceptors (Lipinski definition) is 4. The monoisotopic (exact) mass is 346 g/mol. The standard InChI is InChI=1S/C19H27N2O2P/c1-6-8-14-9-10-21(16(14)7-2)13(3)15-11-19(23-5)18(22)12-17(15)20(4)24/h6,8,11-12,22H,3,7,9-10,24H2,1-2,4-5H3/b8-6-. The maximum absolute atomic E-state index is 10.1. The van der Waals surface area contributed by atoms with Gasteiger partial charge in [-0.05, 0) is 40.8 Å². The van der Waals surface area contributed by atoms with Crippen LogP contribution in [0.3, 0.4) is 0 Å². The first kappa shape index (κ1) is 18.4. The normalized spacial score (nSPS) is 14.6. The molecule has 0 fully saturated rings. The van der Waals surface area contributed by atoms with Crippen LogP contribution in [-0.4, -0.2) is 30.7 Å². The lowest BCUT2D eigenvalue weighted by atomic mass is 10.1. The van der Waals surface area contributed by atoms with Crippen LogP contribution in [0, 0.1) is 0 Å². The number of methoxy groups -OCH3 is 1. The Kier molecular flexibility index (Phi) is 5.95. The highest BCUT2D eigenvalue weighted by atomic mass is 31.0. The maximum atomic E-state index is 10.1. The molecule has 1 aromatic carbocycles. The molecule has 5 heteroatoms. The van der Waals surface area contributed by atoms with Crippen LogP contribution in [0.5, 0.6) is 11.5 Å². The largest absolute Gasteiger partial charge is 0.504 e. The molecule has 1 aromatic rings. The molecule has 0 amide bonds. The van der Waals surface area contributed by atoms with Gasteiger partial charge in [0.1, 0.15) is 0 Å². The first-order valence-electron chi connectivity index (χ1n) is 8.15. The van der Waals surface area contributed by atoms with Crippen molar-refractivity contribution in [2.75, 3.05) is 25.4 Å². The SMILES string of the molecule is C=C(c1cc(OC)c(O)cc1N(C)P)N1CCC(/C=C\C)=C1CC. The van der Waals surface area contributed by atoms with E-state index in [1.54, 1.807) is 13.2 Å². The minimum Gasteiger partial charge on any atom is -0.504 e. The molecular formula is C19H27N2O2P. The second-order valence-electron chi connectivity index (χ2n) is 5.83. The third-order valence-electron chi connectivity index (χ3n) is 4.32. The third kappa shape index (κ3) is 3.44. The molecule has 1 heterocycles. The summed E-state index contributed by atoms with van der Waals surface area (Å²) in [6.07, 6.45) is 6.25. The van der Waals surface area contributed by atoms with Crippen molar-refractivity contribution in [1.82, 2.24) is 4.90 Å². The second kappa shape index (κ2) is 7.76. The number of phenols is 1. The van der Waals surface area contributed by atoms with Crippen molar-refractivity contribution in [2.24, 2.45) is 0 Å². The van der Waals surface area contributed by atoms with E-state index >= 15 is 0 Å². The van der Waals surface area contributed by atoms with E-state index < -0.39 is 0 Å². The fraction of sp³-hybridized carbons (Fsp3) is 0.368. The molecule has 1 N–H and O–H groups in total. The Bertz CT molecular complexity index is 693. The Hall–Kier alpha value is -1.93. The van der Waals surface area contributed by atoms with Gasteiger partial charge < -0.3 is 19.4 Å². The molecule has 0 radical (unpaired) electrons. The van der Waals surface area contributed by atoms with Crippen LogP contribution < -0.4 is 9.41 Å². The molecule has 130 valence electrons. The number of phenolic OH excluding ortho intramolecular Hbond substituents is 1. The van der Waals surface area contributed by atoms with E-state index in [-0.39, 0.29) is 5.75 Å². The van der Waals surface area contributed by atoms with Crippen LogP contribution >= 0.6 is 9.39 Å². The predicted molar refractivity (Wildman–Crippen MR) is 105 cm³/mol. The molecule has 2 rings (SSSR count). The summed E-state index contributed by atoms with van der Waals surface area (Å²) < 4.78 is 7.19. The third-order valence-corrected chi connectivity index (χ3v) is 4.60. The van der Waals surface area contributed by atoms with E-state index in [0.717, 1.165) is 36.3 Å². The molecule has 1 aliphatic rings. The van der Waals surface area contributed by atoms with Crippen LogP contribution in [0.15, 0.2) is 42.1 Å². The van der Waals surface area contributed by atoms with E-state index in [9.17, 15) is 5.11 Å². The van der Waals surface area contributed by atoms with Gasteiger partial charge in [0.2, 0.25) is 0 Å². The zero-order valence-corrected chi connectivity index (χ0v) is 16.1. The van der Waals surface area contributed by atoms with E-state index in [0.29, 0.717) is 5.75 Å². The van der Waals surface area contributed by atoms with Gasteiger partial charge in [-0.25, -0.2) is 0 Å². The van der Waals surface area contributed by atoms with Crippen molar-refractivity contribution in [1.29, 1.82) is 0 Å². The zero-order valence-electron chi connectivity index (χ0n) is 15.0. The number of benzene rings is 1. The highest BCUT2D eigenvalue weighted by molar-refractivity contribution is 7.19. The first-order chi connectivity index (χ1) is 11.4. The van der Waals surface area contributed by atoms with Gasteiger partial charge in [-0.1, -0.05) is 25.7 Å². The Morgan fingerprint density at radius 1 is 1.50 bits per heavy atom. The summed E-state index contributed by atoms with van der Waals surface area (Å²) in [6.45, 7) is 9.48. The number of anilines is 1. The highest BCUT2D eigenvalue weighted by Gasteiger charge is 2.25. The number of rotatable bonds is 6. The summed E-state index contributed by atoms with van der Waals surface area (Å²) in [6, 6.07) is 3.57. The highest BCUT2D eigenvalue weighted by Crippen LogP contribution is 2.41. The smallest absolute Gasteiger partial charge is 0.161 e. The number of ether oxygens (including phenoxy) is 1. The molecule has 0 aliphatic carbocycles. The molecule has 0 saturated carbocycles. The van der Waals surface area contributed by atoms with Gasteiger partial charge in [0.05, 0.1) is 12.8 Å². The summed E-state index contributed by atoms with van der Waals surface area (Å²) in [5.74, 6) is 0.581. The van der Waals surface area contributed by atoms with Gasteiger partial charge in [0.15, 0.2) is 11.5 Å². The topological polar surface area (TPSA) is 35.9 Å². The van der Waals surface area contributed by atoms with Crippen molar-refractivity contribution in [3.05, 3.63) is 47.7 Å². The van der Waals surface area contributed by atoms with E-state index in [4.69, 9.17) is 4.74 Å². The average Bonchev–Trinajstić information content (AvgIpc) is 2.96. The molecular weight excluding hydrogens is 319 g/mol. The molecule has 1 atom stereocenters. The summed E-state index contributed by atoms with van der Waals surface area (Å²) in [5, 5.41) is 10.1. The summed E-state index contributed by atoms with van der Waals surface area (Å²) in [4.78, 5) is 2.28. The minimum absolute atomic E-state index is 0.126. The van der Waals surface area contributed by atoms with Gasteiger partial charge >= 0.3 is 0 Å². The molecule has 1 unspecified atom stereocenters. The van der Waals surface area contributed by atoms with Crippen molar-refractivity contribution in [2.45, 2.75) is 26.7 Å². The number of aromatic hydroxyl groups is 1. The van der Waals surface area contributed by atoms with Crippen LogP contribution in [0.1, 0.15) is 32.3 Å². The fourth-order valence-corrected chi connectivity index (χ4v) is 3.38. The Morgan fingerprint density at radius 3 is 2.75 bits per heavy atom. The molecule has 0 bridgehead atoms. The summed E-state index contributed by atoms with van der Waals surface area (Å²) in [5.41, 5.74) is 5.44. The second-order valence-corrected chi connectivity index (χ2v) is 6.60. The van der Waals surface area contributed by atoms with Crippen molar-refractivity contribution in [3.63, 3.8) is 0 Å². The maximum Gasteiger partial charge on any atom is 0.161 e. The van der Waals surface area contributed by atoms with E-state index in [2.05, 4.69) is 39.9 Å². The van der Waals surface area contributed by atoms with Gasteiger partial charge in [-0.15, -0.1) is 0 Å². The van der Waals surface area contributed by atoms with E-state index in [1.165, 1.54) is 11.3 Å². The Morgan fingerprint density at radius 2 is 2.21 bits per heavy atom. The Balaban J connectivity index is 2.50. The predicted octanol–water partition coefficient (Wildman–Crippen LogP) is 4.54. The lowest BCUT2D eigenvalue weighted by Crippen LogP contribution is -2.18. The molecule has 1 aliphatic heterocycles. The summed E-state index contributed by atoms with van der Waals surface area (Å²) >= 11 is 0. The Labute approximate surface area is 147 Å². The summed E-state index contributed by atoms with van der Waals surface area (Å²) in [7, 11) is 6.11. The molecule has 0 aromatic heterocycles. The molecule has 4 nitrogen and oxygen atoms in total. The lowest BCUT2D eigenvalue weighted by molar-refractivity contribution is 0.373. The van der Waals surface area contributed by atoms with Gasteiger partial charge in [0.25, 0.3) is 0 Å². The molecule has 0 saturated heterocycles. The molecule has 0 spiro atoms. The van der Waals surface area contributed by atoms with E-state index in [1.807, 2.05) is 24.7 Å². The quantitative estimate of drug-likeness (QED) is 0.767. The fourth-order valence-electron chi connectivity index (χ4n) is 3.17. The van der Waals surface area contributed by atoms with Crippen LogP contribution in [0.4, 0.5) is 5.69 Å². The number of allylic oxidation sites excluding steroid dienone is 3. The van der Waals surface area contributed by atoms with Gasteiger partial charge in [0, 0.05) is 36.6 Å².